The van der Waals surface area contributed by atoms with Crippen LogP contribution in [-0.4, -0.2) is 71.1 Å². The zero-order valence-electron chi connectivity index (χ0n) is 16.2. The summed E-state index contributed by atoms with van der Waals surface area (Å²) in [5.74, 6) is 0. The monoisotopic (exact) mass is 356 g/mol. The Bertz CT molecular complexity index is 628. The SMILES string of the molecule is CC1(C)CN(C(=O)NCc2ccccc2)C[C@@H]2CN(C3CCC3)CCN21. The number of hydrogen-bond acceptors (Lipinski definition) is 3. The fourth-order valence-corrected chi connectivity index (χ4v) is 4.83. The summed E-state index contributed by atoms with van der Waals surface area (Å²) in [6, 6.07) is 11.5. The lowest BCUT2D eigenvalue weighted by Crippen LogP contribution is -2.71. The summed E-state index contributed by atoms with van der Waals surface area (Å²) in [4.78, 5) is 20.1. The van der Waals surface area contributed by atoms with Crippen LogP contribution in [-0.2, 0) is 6.54 Å². The first-order valence-corrected chi connectivity index (χ1v) is 10.1. The zero-order chi connectivity index (χ0) is 18.1. The maximum Gasteiger partial charge on any atom is 0.317 e. The van der Waals surface area contributed by atoms with Crippen molar-refractivity contribution in [2.45, 2.75) is 57.3 Å². The number of urea groups is 1. The molecule has 1 atom stereocenters. The second-order valence-corrected chi connectivity index (χ2v) is 8.76. The van der Waals surface area contributed by atoms with Gasteiger partial charge in [0.25, 0.3) is 0 Å². The highest BCUT2D eigenvalue weighted by Crippen LogP contribution is 2.32. The van der Waals surface area contributed by atoms with Crippen molar-refractivity contribution in [3.05, 3.63) is 35.9 Å². The predicted octanol–water partition coefficient (Wildman–Crippen LogP) is 2.53. The number of amides is 2. The van der Waals surface area contributed by atoms with E-state index in [9.17, 15) is 4.79 Å². The van der Waals surface area contributed by atoms with Gasteiger partial charge in [0.1, 0.15) is 0 Å². The average Bonchev–Trinajstić information content (AvgIpc) is 2.58. The average molecular weight is 357 g/mol. The maximum absolute atomic E-state index is 12.8. The number of carbonyl (C=O) groups excluding carboxylic acids is 1. The first-order chi connectivity index (χ1) is 12.5. The number of nitrogens with zero attached hydrogens (tertiary/aromatic N) is 3. The molecule has 5 heteroatoms. The van der Waals surface area contributed by atoms with Crippen molar-refractivity contribution in [1.82, 2.24) is 20.0 Å². The Kier molecular flexibility index (Phi) is 4.93. The summed E-state index contributed by atoms with van der Waals surface area (Å²) in [5.41, 5.74) is 1.19. The molecule has 1 aromatic rings. The van der Waals surface area contributed by atoms with E-state index in [1.165, 1.54) is 25.8 Å². The molecule has 0 radical (unpaired) electrons. The summed E-state index contributed by atoms with van der Waals surface area (Å²) in [7, 11) is 0. The fraction of sp³-hybridized carbons (Fsp3) is 0.667. The van der Waals surface area contributed by atoms with Gasteiger partial charge in [0.05, 0.1) is 0 Å². The van der Waals surface area contributed by atoms with E-state index in [-0.39, 0.29) is 11.6 Å². The van der Waals surface area contributed by atoms with Crippen LogP contribution in [0.5, 0.6) is 0 Å². The molecule has 0 aromatic heterocycles. The topological polar surface area (TPSA) is 38.8 Å². The summed E-state index contributed by atoms with van der Waals surface area (Å²) >= 11 is 0. The summed E-state index contributed by atoms with van der Waals surface area (Å²) in [6.45, 7) is 10.2. The molecule has 0 unspecified atom stereocenters. The van der Waals surface area contributed by atoms with Crippen LogP contribution < -0.4 is 5.32 Å². The quantitative estimate of drug-likeness (QED) is 0.905. The Morgan fingerprint density at radius 2 is 1.88 bits per heavy atom. The van der Waals surface area contributed by atoms with E-state index in [0.717, 1.165) is 37.8 Å². The van der Waals surface area contributed by atoms with Gasteiger partial charge in [-0.1, -0.05) is 36.8 Å². The van der Waals surface area contributed by atoms with E-state index >= 15 is 0 Å². The Morgan fingerprint density at radius 3 is 2.58 bits per heavy atom. The van der Waals surface area contributed by atoms with E-state index in [2.05, 4.69) is 41.1 Å². The molecule has 2 amide bonds. The Morgan fingerprint density at radius 1 is 1.12 bits per heavy atom. The van der Waals surface area contributed by atoms with Crippen LogP contribution in [0.15, 0.2) is 30.3 Å². The van der Waals surface area contributed by atoms with E-state index in [0.29, 0.717) is 12.6 Å². The number of fused-ring (bicyclic) bond motifs is 1. The molecule has 1 aromatic carbocycles. The predicted molar refractivity (Wildman–Crippen MR) is 104 cm³/mol. The Labute approximate surface area is 157 Å². The number of rotatable bonds is 3. The minimum atomic E-state index is 0.0404. The molecule has 0 bridgehead atoms. The number of piperazine rings is 2. The van der Waals surface area contributed by atoms with Gasteiger partial charge in [-0.05, 0) is 32.3 Å². The lowest BCUT2D eigenvalue weighted by Gasteiger charge is -2.57. The van der Waals surface area contributed by atoms with Crippen LogP contribution in [0.1, 0.15) is 38.7 Å². The normalized spacial score (nSPS) is 26.8. The van der Waals surface area contributed by atoms with Crippen LogP contribution in [0.2, 0.25) is 0 Å². The lowest BCUT2D eigenvalue weighted by molar-refractivity contribution is -0.0683. The van der Waals surface area contributed by atoms with E-state index in [1.807, 2.05) is 23.1 Å². The highest BCUT2D eigenvalue weighted by molar-refractivity contribution is 5.74. The number of nitrogens with one attached hydrogen (secondary N) is 1. The number of benzene rings is 1. The second kappa shape index (κ2) is 7.20. The number of hydrogen-bond donors (Lipinski definition) is 1. The third kappa shape index (κ3) is 3.60. The molecule has 2 heterocycles. The molecular weight excluding hydrogens is 324 g/mol. The standard InChI is InChI=1S/C21H32N4O/c1-21(2)16-24(20(26)22-13-17-7-4-3-5-8-17)15-19-14-23(11-12-25(19)21)18-9-6-10-18/h3-5,7-8,18-19H,6,9-16H2,1-2H3,(H,22,26)/t19-/m0/s1. The molecule has 1 aliphatic carbocycles. The highest BCUT2D eigenvalue weighted by Gasteiger charge is 2.45. The van der Waals surface area contributed by atoms with Crippen molar-refractivity contribution in [2.75, 3.05) is 32.7 Å². The van der Waals surface area contributed by atoms with Gasteiger partial charge in [0.15, 0.2) is 0 Å². The smallest absolute Gasteiger partial charge is 0.317 e. The van der Waals surface area contributed by atoms with E-state index in [1.54, 1.807) is 0 Å². The zero-order valence-corrected chi connectivity index (χ0v) is 16.2. The van der Waals surface area contributed by atoms with Crippen molar-refractivity contribution < 1.29 is 4.79 Å². The third-order valence-corrected chi connectivity index (χ3v) is 6.47. The minimum Gasteiger partial charge on any atom is -0.334 e. The molecule has 4 rings (SSSR count). The summed E-state index contributed by atoms with van der Waals surface area (Å²) < 4.78 is 0. The van der Waals surface area contributed by atoms with Crippen molar-refractivity contribution in [3.63, 3.8) is 0 Å². The number of carbonyl (C=O) groups is 1. The largest absolute Gasteiger partial charge is 0.334 e. The molecule has 2 aliphatic heterocycles. The molecule has 1 saturated carbocycles. The van der Waals surface area contributed by atoms with Crippen LogP contribution in [0.4, 0.5) is 4.79 Å². The summed E-state index contributed by atoms with van der Waals surface area (Å²) in [6.07, 6.45) is 4.10. The van der Waals surface area contributed by atoms with E-state index < -0.39 is 0 Å². The van der Waals surface area contributed by atoms with Gasteiger partial charge < -0.3 is 10.2 Å². The van der Waals surface area contributed by atoms with Gasteiger partial charge in [-0.25, -0.2) is 4.79 Å². The van der Waals surface area contributed by atoms with Gasteiger partial charge in [-0.2, -0.15) is 0 Å². The van der Waals surface area contributed by atoms with Gasteiger partial charge in [-0.15, -0.1) is 0 Å². The van der Waals surface area contributed by atoms with Crippen molar-refractivity contribution in [2.24, 2.45) is 0 Å². The molecular formula is C21H32N4O. The first kappa shape index (κ1) is 17.8. The molecule has 2 saturated heterocycles. The third-order valence-electron chi connectivity index (χ3n) is 6.47. The highest BCUT2D eigenvalue weighted by atomic mass is 16.2. The summed E-state index contributed by atoms with van der Waals surface area (Å²) in [5, 5.41) is 3.11. The maximum atomic E-state index is 12.8. The Hall–Kier alpha value is -1.59. The Balaban J connectivity index is 1.38. The van der Waals surface area contributed by atoms with Crippen LogP contribution in [0.3, 0.4) is 0 Å². The fourth-order valence-electron chi connectivity index (χ4n) is 4.83. The van der Waals surface area contributed by atoms with Crippen LogP contribution in [0.25, 0.3) is 0 Å². The molecule has 5 nitrogen and oxygen atoms in total. The first-order valence-electron chi connectivity index (χ1n) is 10.1. The minimum absolute atomic E-state index is 0.0404. The van der Waals surface area contributed by atoms with Gasteiger partial charge in [0.2, 0.25) is 0 Å². The van der Waals surface area contributed by atoms with Gasteiger partial charge >= 0.3 is 6.03 Å². The molecule has 1 N–H and O–H groups in total. The van der Waals surface area contributed by atoms with Gasteiger partial charge in [0, 0.05) is 56.9 Å². The van der Waals surface area contributed by atoms with Crippen molar-refractivity contribution in [3.8, 4) is 0 Å². The molecule has 26 heavy (non-hydrogen) atoms. The lowest BCUT2D eigenvalue weighted by atomic mass is 9.88. The second-order valence-electron chi connectivity index (χ2n) is 8.76. The van der Waals surface area contributed by atoms with Crippen LogP contribution in [0, 0.1) is 0 Å². The van der Waals surface area contributed by atoms with Gasteiger partial charge in [-0.3, -0.25) is 9.80 Å². The van der Waals surface area contributed by atoms with Crippen LogP contribution >= 0.6 is 0 Å². The van der Waals surface area contributed by atoms with Crippen molar-refractivity contribution in [1.29, 1.82) is 0 Å². The molecule has 142 valence electrons. The van der Waals surface area contributed by atoms with E-state index in [4.69, 9.17) is 0 Å². The molecule has 3 fully saturated rings. The molecule has 0 spiro atoms. The molecule has 3 aliphatic rings. The van der Waals surface area contributed by atoms with Crippen molar-refractivity contribution >= 4 is 6.03 Å².